The molecule has 1 aliphatic rings. The van der Waals surface area contributed by atoms with Crippen molar-refractivity contribution in [3.05, 3.63) is 22.4 Å². The number of hydrogen-bond acceptors (Lipinski definition) is 5. The fraction of sp³-hybridized carbons (Fsp3) is 0.632. The largest absolute Gasteiger partial charge is 0.353 e. The fourth-order valence-corrected chi connectivity index (χ4v) is 3.65. The number of thiophene rings is 1. The van der Waals surface area contributed by atoms with Crippen LogP contribution in [-0.4, -0.2) is 72.3 Å². The van der Waals surface area contributed by atoms with Crippen molar-refractivity contribution < 1.29 is 14.4 Å². The summed E-state index contributed by atoms with van der Waals surface area (Å²) in [5, 5.41) is 7.61. The molecule has 1 aromatic heterocycles. The van der Waals surface area contributed by atoms with Crippen LogP contribution in [0.3, 0.4) is 0 Å². The van der Waals surface area contributed by atoms with Crippen molar-refractivity contribution >= 4 is 29.1 Å². The van der Waals surface area contributed by atoms with E-state index in [9.17, 15) is 14.4 Å². The van der Waals surface area contributed by atoms with Gasteiger partial charge in [0.1, 0.15) is 6.04 Å². The van der Waals surface area contributed by atoms with Gasteiger partial charge in [0.2, 0.25) is 11.8 Å². The highest BCUT2D eigenvalue weighted by molar-refractivity contribution is 7.12. The Hall–Kier alpha value is -1.93. The second-order valence-corrected chi connectivity index (χ2v) is 8.44. The number of amides is 3. The second-order valence-electron chi connectivity index (χ2n) is 7.50. The average molecular weight is 395 g/mol. The van der Waals surface area contributed by atoms with Crippen LogP contribution in [0.5, 0.6) is 0 Å². The SMILES string of the molecule is CC(C)NC(=O)CN1CCN(C(=O)C(NC(=O)c2cccs2)C(C)C)CC1. The minimum atomic E-state index is -0.546. The van der Waals surface area contributed by atoms with Crippen LogP contribution in [0.15, 0.2) is 17.5 Å². The van der Waals surface area contributed by atoms with Gasteiger partial charge in [-0.3, -0.25) is 19.3 Å². The molecule has 2 N–H and O–H groups in total. The van der Waals surface area contributed by atoms with Crippen molar-refractivity contribution in [2.45, 2.75) is 39.8 Å². The summed E-state index contributed by atoms with van der Waals surface area (Å²) in [6.45, 7) is 10.5. The highest BCUT2D eigenvalue weighted by atomic mass is 32.1. The van der Waals surface area contributed by atoms with E-state index in [1.165, 1.54) is 11.3 Å². The molecule has 8 heteroatoms. The van der Waals surface area contributed by atoms with Gasteiger partial charge in [0.05, 0.1) is 11.4 Å². The highest BCUT2D eigenvalue weighted by Crippen LogP contribution is 2.13. The lowest BCUT2D eigenvalue weighted by atomic mass is 10.0. The minimum Gasteiger partial charge on any atom is -0.353 e. The van der Waals surface area contributed by atoms with Crippen LogP contribution in [0, 0.1) is 5.92 Å². The number of hydrogen-bond donors (Lipinski definition) is 2. The number of piperazine rings is 1. The Morgan fingerprint density at radius 3 is 2.26 bits per heavy atom. The van der Waals surface area contributed by atoms with Crippen molar-refractivity contribution in [3.8, 4) is 0 Å². The van der Waals surface area contributed by atoms with Gasteiger partial charge in [-0.2, -0.15) is 0 Å². The van der Waals surface area contributed by atoms with Gasteiger partial charge >= 0.3 is 0 Å². The molecule has 0 aliphatic carbocycles. The summed E-state index contributed by atoms with van der Waals surface area (Å²) in [5.41, 5.74) is 0. The molecular weight excluding hydrogens is 364 g/mol. The Kier molecular flexibility index (Phi) is 7.79. The topological polar surface area (TPSA) is 81.8 Å². The Bertz CT molecular complexity index is 637. The van der Waals surface area contributed by atoms with Crippen LogP contribution in [0.4, 0.5) is 0 Å². The zero-order valence-electron chi connectivity index (χ0n) is 16.5. The molecule has 2 rings (SSSR count). The summed E-state index contributed by atoms with van der Waals surface area (Å²) in [6, 6.07) is 3.15. The summed E-state index contributed by atoms with van der Waals surface area (Å²) in [7, 11) is 0. The van der Waals surface area contributed by atoms with E-state index in [0.717, 1.165) is 0 Å². The van der Waals surface area contributed by atoms with E-state index in [0.29, 0.717) is 37.6 Å². The van der Waals surface area contributed by atoms with Crippen molar-refractivity contribution in [2.24, 2.45) is 5.92 Å². The summed E-state index contributed by atoms with van der Waals surface area (Å²) in [5.74, 6) is -0.258. The molecule has 3 amide bonds. The number of nitrogens with zero attached hydrogens (tertiary/aromatic N) is 2. The van der Waals surface area contributed by atoms with E-state index < -0.39 is 6.04 Å². The highest BCUT2D eigenvalue weighted by Gasteiger charge is 2.31. The standard InChI is InChI=1S/C19H30N4O3S/c1-13(2)17(21-18(25)15-6-5-11-27-15)19(26)23-9-7-22(8-10-23)12-16(24)20-14(3)4/h5-6,11,13-14,17H,7-10,12H2,1-4H3,(H,20,24)(H,21,25). The first kappa shape index (κ1) is 21.4. The molecule has 1 fully saturated rings. The molecule has 0 radical (unpaired) electrons. The summed E-state index contributed by atoms with van der Waals surface area (Å²) >= 11 is 1.36. The van der Waals surface area contributed by atoms with E-state index in [4.69, 9.17) is 0 Å². The van der Waals surface area contributed by atoms with Gasteiger partial charge in [-0.15, -0.1) is 11.3 Å². The van der Waals surface area contributed by atoms with Gasteiger partial charge in [-0.05, 0) is 31.2 Å². The third kappa shape index (κ3) is 6.32. The number of nitrogens with one attached hydrogen (secondary N) is 2. The van der Waals surface area contributed by atoms with Gasteiger partial charge in [-0.1, -0.05) is 19.9 Å². The Balaban J connectivity index is 1.88. The summed E-state index contributed by atoms with van der Waals surface area (Å²) in [6.07, 6.45) is 0. The van der Waals surface area contributed by atoms with E-state index in [-0.39, 0.29) is 29.7 Å². The van der Waals surface area contributed by atoms with Gasteiger partial charge in [0, 0.05) is 32.2 Å². The molecule has 0 aromatic carbocycles. The van der Waals surface area contributed by atoms with Crippen LogP contribution < -0.4 is 10.6 Å². The van der Waals surface area contributed by atoms with Crippen LogP contribution in [-0.2, 0) is 9.59 Å². The molecule has 0 saturated carbocycles. The lowest BCUT2D eigenvalue weighted by Gasteiger charge is -2.37. The van der Waals surface area contributed by atoms with Crippen LogP contribution in [0.2, 0.25) is 0 Å². The van der Waals surface area contributed by atoms with E-state index in [1.54, 1.807) is 11.0 Å². The molecular formula is C19H30N4O3S. The molecule has 7 nitrogen and oxygen atoms in total. The van der Waals surface area contributed by atoms with Crippen LogP contribution in [0.25, 0.3) is 0 Å². The Labute approximate surface area is 165 Å². The van der Waals surface area contributed by atoms with Crippen LogP contribution in [0.1, 0.15) is 37.4 Å². The number of rotatable bonds is 7. The van der Waals surface area contributed by atoms with Crippen molar-refractivity contribution in [2.75, 3.05) is 32.7 Å². The van der Waals surface area contributed by atoms with Gasteiger partial charge in [-0.25, -0.2) is 0 Å². The summed E-state index contributed by atoms with van der Waals surface area (Å²) in [4.78, 5) is 41.6. The Morgan fingerprint density at radius 1 is 1.07 bits per heavy atom. The lowest BCUT2D eigenvalue weighted by Crippen LogP contribution is -2.57. The van der Waals surface area contributed by atoms with Crippen molar-refractivity contribution in [3.63, 3.8) is 0 Å². The summed E-state index contributed by atoms with van der Waals surface area (Å²) < 4.78 is 0. The number of carbonyl (C=O) groups excluding carboxylic acids is 3. The maximum atomic E-state index is 12.9. The molecule has 0 bridgehead atoms. The monoisotopic (exact) mass is 394 g/mol. The van der Waals surface area contributed by atoms with Crippen LogP contribution >= 0.6 is 11.3 Å². The predicted octanol–water partition coefficient (Wildman–Crippen LogP) is 1.17. The fourth-order valence-electron chi connectivity index (χ4n) is 3.03. The third-order valence-corrected chi connectivity index (χ3v) is 5.33. The average Bonchev–Trinajstić information content (AvgIpc) is 3.13. The van der Waals surface area contributed by atoms with Gasteiger partial charge < -0.3 is 15.5 Å². The second kappa shape index (κ2) is 9.85. The van der Waals surface area contributed by atoms with Gasteiger partial charge in [0.15, 0.2) is 0 Å². The molecule has 1 aliphatic heterocycles. The maximum Gasteiger partial charge on any atom is 0.262 e. The molecule has 1 saturated heterocycles. The number of carbonyl (C=O) groups is 3. The molecule has 0 spiro atoms. The van der Waals surface area contributed by atoms with Gasteiger partial charge in [0.25, 0.3) is 5.91 Å². The predicted molar refractivity (Wildman–Crippen MR) is 107 cm³/mol. The van der Waals surface area contributed by atoms with E-state index in [1.807, 2.05) is 39.1 Å². The molecule has 1 atom stereocenters. The molecule has 1 unspecified atom stereocenters. The quantitative estimate of drug-likeness (QED) is 0.727. The molecule has 2 heterocycles. The Morgan fingerprint density at radius 2 is 1.74 bits per heavy atom. The van der Waals surface area contributed by atoms with E-state index in [2.05, 4.69) is 15.5 Å². The lowest BCUT2D eigenvalue weighted by molar-refractivity contribution is -0.136. The normalized spacial score (nSPS) is 16.4. The molecule has 1 aromatic rings. The third-order valence-electron chi connectivity index (χ3n) is 4.47. The first-order valence-electron chi connectivity index (χ1n) is 9.42. The first-order chi connectivity index (χ1) is 12.8. The molecule has 150 valence electrons. The smallest absolute Gasteiger partial charge is 0.262 e. The zero-order chi connectivity index (χ0) is 20.0. The molecule has 27 heavy (non-hydrogen) atoms. The minimum absolute atomic E-state index is 0.00346. The van der Waals surface area contributed by atoms with Crippen molar-refractivity contribution in [1.29, 1.82) is 0 Å². The zero-order valence-corrected chi connectivity index (χ0v) is 17.3. The van der Waals surface area contributed by atoms with Crippen molar-refractivity contribution in [1.82, 2.24) is 20.4 Å². The van der Waals surface area contributed by atoms with E-state index >= 15 is 0 Å². The maximum absolute atomic E-state index is 12.9. The first-order valence-corrected chi connectivity index (χ1v) is 10.3.